The van der Waals surface area contributed by atoms with Gasteiger partial charge in [-0.3, -0.25) is 4.79 Å². The Balaban J connectivity index is 1.75. The molecular weight excluding hydrogens is 316 g/mol. The zero-order valence-corrected chi connectivity index (χ0v) is 13.8. The van der Waals surface area contributed by atoms with Crippen LogP contribution in [-0.2, 0) is 17.8 Å². The second-order valence-electron chi connectivity index (χ2n) is 6.48. The van der Waals surface area contributed by atoms with Crippen molar-refractivity contribution in [1.82, 2.24) is 9.88 Å². The molecule has 1 aliphatic heterocycles. The summed E-state index contributed by atoms with van der Waals surface area (Å²) >= 11 is 0. The van der Waals surface area contributed by atoms with Crippen molar-refractivity contribution in [3.63, 3.8) is 0 Å². The third kappa shape index (κ3) is 2.58. The summed E-state index contributed by atoms with van der Waals surface area (Å²) in [6.07, 6.45) is 0.312. The third-order valence-electron chi connectivity index (χ3n) is 4.85. The highest BCUT2D eigenvalue weighted by atomic mass is 16.4. The van der Waals surface area contributed by atoms with E-state index in [2.05, 4.69) is 4.98 Å². The first-order valence-electron chi connectivity index (χ1n) is 8.23. The Morgan fingerprint density at radius 1 is 1.12 bits per heavy atom. The lowest BCUT2D eigenvalue weighted by atomic mass is 9.95. The number of H-pyrrole nitrogens is 1. The van der Waals surface area contributed by atoms with Gasteiger partial charge in [-0.05, 0) is 30.7 Å². The molecule has 5 heteroatoms. The number of carboxylic acids is 1. The van der Waals surface area contributed by atoms with Gasteiger partial charge in [-0.2, -0.15) is 0 Å². The number of aliphatic carboxylic acids is 1. The van der Waals surface area contributed by atoms with Gasteiger partial charge in [0.15, 0.2) is 0 Å². The molecule has 126 valence electrons. The van der Waals surface area contributed by atoms with E-state index in [4.69, 9.17) is 0 Å². The van der Waals surface area contributed by atoms with Crippen LogP contribution < -0.4 is 0 Å². The molecule has 0 fully saturated rings. The Labute approximate surface area is 144 Å². The molecule has 0 saturated carbocycles. The van der Waals surface area contributed by atoms with Gasteiger partial charge < -0.3 is 15.0 Å². The average molecular weight is 334 g/mol. The molecule has 1 atom stereocenters. The number of carbonyl (C=O) groups is 2. The number of rotatable bonds is 2. The minimum atomic E-state index is -0.976. The van der Waals surface area contributed by atoms with E-state index in [1.807, 2.05) is 43.3 Å². The second kappa shape index (κ2) is 5.77. The van der Waals surface area contributed by atoms with Crippen LogP contribution in [0, 0.1) is 6.92 Å². The predicted molar refractivity (Wildman–Crippen MR) is 94.5 cm³/mol. The lowest BCUT2D eigenvalue weighted by molar-refractivity contribution is -0.142. The van der Waals surface area contributed by atoms with Crippen LogP contribution in [0.3, 0.4) is 0 Å². The minimum absolute atomic E-state index is 0.253. The van der Waals surface area contributed by atoms with E-state index in [9.17, 15) is 14.7 Å². The number of nitrogens with one attached hydrogen (secondary N) is 1. The summed E-state index contributed by atoms with van der Waals surface area (Å²) in [5, 5.41) is 10.7. The fourth-order valence-electron chi connectivity index (χ4n) is 3.50. The van der Waals surface area contributed by atoms with Gasteiger partial charge in [0.1, 0.15) is 6.04 Å². The molecule has 2 aromatic carbocycles. The second-order valence-corrected chi connectivity index (χ2v) is 6.48. The van der Waals surface area contributed by atoms with Gasteiger partial charge in [-0.1, -0.05) is 35.9 Å². The van der Waals surface area contributed by atoms with Gasteiger partial charge in [0.05, 0.1) is 6.54 Å². The molecule has 2 N–H and O–H groups in total. The number of benzene rings is 2. The largest absolute Gasteiger partial charge is 0.480 e. The Morgan fingerprint density at radius 3 is 2.56 bits per heavy atom. The van der Waals surface area contributed by atoms with Crippen molar-refractivity contribution < 1.29 is 14.7 Å². The Bertz CT molecular complexity index is 972. The van der Waals surface area contributed by atoms with Gasteiger partial charge in [-0.15, -0.1) is 0 Å². The SMILES string of the molecule is Cc1ccc(C(=O)N2Cc3[nH]c4ccccc4c3CC2C(=O)O)cc1. The maximum absolute atomic E-state index is 12.9. The third-order valence-corrected chi connectivity index (χ3v) is 4.85. The first kappa shape index (κ1) is 15.4. The van der Waals surface area contributed by atoms with Crippen LogP contribution in [0.25, 0.3) is 10.9 Å². The maximum Gasteiger partial charge on any atom is 0.326 e. The van der Waals surface area contributed by atoms with Crippen LogP contribution in [0.2, 0.25) is 0 Å². The lowest BCUT2D eigenvalue weighted by Crippen LogP contribution is -2.48. The smallest absolute Gasteiger partial charge is 0.326 e. The molecule has 5 nitrogen and oxygen atoms in total. The number of amides is 1. The van der Waals surface area contributed by atoms with Crippen molar-refractivity contribution in [1.29, 1.82) is 0 Å². The molecular formula is C20H18N2O3. The summed E-state index contributed by atoms with van der Waals surface area (Å²) < 4.78 is 0. The molecule has 0 spiro atoms. The first-order valence-corrected chi connectivity index (χ1v) is 8.23. The van der Waals surface area contributed by atoms with Crippen molar-refractivity contribution >= 4 is 22.8 Å². The van der Waals surface area contributed by atoms with Crippen LogP contribution in [0.4, 0.5) is 0 Å². The number of aromatic amines is 1. The van der Waals surface area contributed by atoms with E-state index >= 15 is 0 Å². The number of hydrogen-bond acceptors (Lipinski definition) is 2. The molecule has 1 aromatic heterocycles. The zero-order chi connectivity index (χ0) is 17.6. The zero-order valence-electron chi connectivity index (χ0n) is 13.8. The highest BCUT2D eigenvalue weighted by molar-refractivity contribution is 5.97. The van der Waals surface area contributed by atoms with Gasteiger partial charge in [-0.25, -0.2) is 4.79 Å². The number of aromatic nitrogens is 1. The Kier molecular flexibility index (Phi) is 3.57. The lowest BCUT2D eigenvalue weighted by Gasteiger charge is -2.33. The molecule has 0 radical (unpaired) electrons. The number of carboxylic acid groups (broad SMARTS) is 1. The molecule has 1 unspecified atom stereocenters. The first-order chi connectivity index (χ1) is 12.0. The summed E-state index contributed by atoms with van der Waals surface area (Å²) in [6.45, 7) is 2.22. The summed E-state index contributed by atoms with van der Waals surface area (Å²) in [6, 6.07) is 14.2. The van der Waals surface area contributed by atoms with Gasteiger partial charge >= 0.3 is 5.97 Å². The summed E-state index contributed by atoms with van der Waals surface area (Å²) in [5.74, 6) is -1.23. The van der Waals surface area contributed by atoms with Crippen molar-refractivity contribution in [2.75, 3.05) is 0 Å². The molecule has 2 heterocycles. The van der Waals surface area contributed by atoms with Crippen LogP contribution in [0.1, 0.15) is 27.2 Å². The monoisotopic (exact) mass is 334 g/mol. The van der Waals surface area contributed by atoms with Gasteiger partial charge in [0, 0.05) is 28.6 Å². The highest BCUT2D eigenvalue weighted by Gasteiger charge is 2.36. The highest BCUT2D eigenvalue weighted by Crippen LogP contribution is 2.31. The molecule has 1 amide bonds. The summed E-state index contributed by atoms with van der Waals surface area (Å²) in [4.78, 5) is 29.5. The summed E-state index contributed by atoms with van der Waals surface area (Å²) in [7, 11) is 0. The topological polar surface area (TPSA) is 73.4 Å². The summed E-state index contributed by atoms with van der Waals surface area (Å²) in [5.41, 5.74) is 4.45. The van der Waals surface area contributed by atoms with Gasteiger partial charge in [0.2, 0.25) is 0 Å². The molecule has 0 bridgehead atoms. The molecule has 0 aliphatic carbocycles. The number of para-hydroxylation sites is 1. The van der Waals surface area contributed by atoms with E-state index in [-0.39, 0.29) is 12.5 Å². The van der Waals surface area contributed by atoms with E-state index in [1.165, 1.54) is 4.90 Å². The molecule has 1 aliphatic rings. The quantitative estimate of drug-likeness (QED) is 0.756. The standard InChI is InChI=1S/C20H18N2O3/c1-12-6-8-13(9-7-12)19(23)22-11-17-15(10-18(22)20(24)25)14-4-2-3-5-16(14)21-17/h2-9,18,21H,10-11H2,1H3,(H,24,25). The van der Waals surface area contributed by atoms with Crippen LogP contribution in [0.5, 0.6) is 0 Å². The normalized spacial score (nSPS) is 16.7. The number of hydrogen-bond donors (Lipinski definition) is 2. The van der Waals surface area contributed by atoms with E-state index in [0.29, 0.717) is 12.0 Å². The molecule has 4 rings (SSSR count). The molecule has 3 aromatic rings. The molecule has 25 heavy (non-hydrogen) atoms. The minimum Gasteiger partial charge on any atom is -0.480 e. The number of carbonyl (C=O) groups excluding carboxylic acids is 1. The van der Waals surface area contributed by atoms with Crippen LogP contribution >= 0.6 is 0 Å². The van der Waals surface area contributed by atoms with Crippen molar-refractivity contribution in [3.05, 3.63) is 70.9 Å². The number of aryl methyl sites for hydroxylation is 1. The van der Waals surface area contributed by atoms with Crippen LogP contribution in [0.15, 0.2) is 48.5 Å². The fraction of sp³-hybridized carbons (Fsp3) is 0.200. The van der Waals surface area contributed by atoms with Crippen molar-refractivity contribution in [2.24, 2.45) is 0 Å². The number of nitrogens with zero attached hydrogens (tertiary/aromatic N) is 1. The van der Waals surface area contributed by atoms with Crippen molar-refractivity contribution in [3.8, 4) is 0 Å². The fourth-order valence-corrected chi connectivity index (χ4v) is 3.50. The van der Waals surface area contributed by atoms with E-state index in [0.717, 1.165) is 27.7 Å². The van der Waals surface area contributed by atoms with Gasteiger partial charge in [0.25, 0.3) is 5.91 Å². The van der Waals surface area contributed by atoms with E-state index < -0.39 is 12.0 Å². The van der Waals surface area contributed by atoms with E-state index in [1.54, 1.807) is 12.1 Å². The Morgan fingerprint density at radius 2 is 1.84 bits per heavy atom. The van der Waals surface area contributed by atoms with Crippen LogP contribution in [-0.4, -0.2) is 32.9 Å². The number of fused-ring (bicyclic) bond motifs is 3. The predicted octanol–water partition coefficient (Wildman–Crippen LogP) is 3.13. The Hall–Kier alpha value is -3.08. The molecule has 0 saturated heterocycles. The average Bonchev–Trinajstić information content (AvgIpc) is 2.98. The maximum atomic E-state index is 12.9. The van der Waals surface area contributed by atoms with Crippen molar-refractivity contribution in [2.45, 2.75) is 25.9 Å².